The maximum atomic E-state index is 15.5. The Kier molecular flexibility index (Phi) is 10.1. The Bertz CT molecular complexity index is 1770. The van der Waals surface area contributed by atoms with Gasteiger partial charge in [-0.1, -0.05) is 48.8 Å². The van der Waals surface area contributed by atoms with Gasteiger partial charge in [0.2, 0.25) is 16.0 Å². The van der Waals surface area contributed by atoms with E-state index in [0.29, 0.717) is 33.0 Å². The summed E-state index contributed by atoms with van der Waals surface area (Å²) >= 11 is 3.29. The molecule has 0 fully saturated rings. The minimum atomic E-state index is -4.30. The highest BCUT2D eigenvalue weighted by molar-refractivity contribution is 9.10. The van der Waals surface area contributed by atoms with Crippen molar-refractivity contribution < 1.29 is 26.7 Å². The summed E-state index contributed by atoms with van der Waals surface area (Å²) in [5.74, 6) is 0.378. The molecule has 0 saturated carbocycles. The van der Waals surface area contributed by atoms with E-state index in [4.69, 9.17) is 13.9 Å². The lowest BCUT2D eigenvalue weighted by molar-refractivity contribution is 0.177. The van der Waals surface area contributed by atoms with E-state index in [9.17, 15) is 8.42 Å². The molecule has 2 heterocycles. The second-order valence-electron chi connectivity index (χ2n) is 12.3. The Labute approximate surface area is 273 Å². The molecule has 1 N–H and O–H groups in total. The minimum absolute atomic E-state index is 0.122. The summed E-state index contributed by atoms with van der Waals surface area (Å²) in [6.45, 7) is 13.5. The van der Waals surface area contributed by atoms with Crippen molar-refractivity contribution >= 4 is 40.2 Å². The molecule has 0 amide bonds. The lowest BCUT2D eigenvalue weighted by atomic mass is 10.1. The number of halogens is 2. The SMILES string of the molecule is COc1cccc(OC)c1-n1c(NS(=O)(=O)[C@@H](C)C(O[Si](C)(C)C(C)(C)C)c2ccc(Br)cc2F)nnc1-c1cncc(C)c1. The van der Waals surface area contributed by atoms with Gasteiger partial charge in [-0.3, -0.25) is 14.3 Å². The van der Waals surface area contributed by atoms with Crippen molar-refractivity contribution in [1.29, 1.82) is 0 Å². The predicted octanol–water partition coefficient (Wildman–Crippen LogP) is 7.45. The molecule has 0 saturated heterocycles. The van der Waals surface area contributed by atoms with Crippen LogP contribution in [-0.2, 0) is 14.4 Å². The van der Waals surface area contributed by atoms with Crippen LogP contribution in [0.2, 0.25) is 18.1 Å². The molecule has 242 valence electrons. The predicted molar refractivity (Wildman–Crippen MR) is 180 cm³/mol. The summed E-state index contributed by atoms with van der Waals surface area (Å²) in [4.78, 5) is 4.28. The van der Waals surface area contributed by atoms with Gasteiger partial charge in [-0.15, -0.1) is 10.2 Å². The minimum Gasteiger partial charge on any atom is -0.494 e. The Hall–Kier alpha value is -3.33. The maximum Gasteiger partial charge on any atom is 0.243 e. The molecule has 0 aliphatic heterocycles. The number of nitrogens with zero attached hydrogens (tertiary/aromatic N) is 4. The highest BCUT2D eigenvalue weighted by Gasteiger charge is 2.44. The average molecular weight is 721 g/mol. The normalized spacial score (nSPS) is 13.8. The van der Waals surface area contributed by atoms with Gasteiger partial charge in [0.05, 0.1) is 20.3 Å². The fourth-order valence-electron chi connectivity index (χ4n) is 4.50. The summed E-state index contributed by atoms with van der Waals surface area (Å²) < 4.78 is 66.6. The van der Waals surface area contributed by atoms with E-state index in [0.717, 1.165) is 5.56 Å². The van der Waals surface area contributed by atoms with E-state index in [-0.39, 0.29) is 16.6 Å². The summed E-state index contributed by atoms with van der Waals surface area (Å²) in [7, 11) is -3.91. The molecule has 4 rings (SSSR count). The molecule has 10 nitrogen and oxygen atoms in total. The zero-order valence-electron chi connectivity index (χ0n) is 26.8. The van der Waals surface area contributed by atoms with Crippen molar-refractivity contribution in [2.45, 2.75) is 64.1 Å². The van der Waals surface area contributed by atoms with E-state index < -0.39 is 35.5 Å². The Balaban J connectivity index is 1.88. The van der Waals surface area contributed by atoms with Crippen LogP contribution in [0.1, 0.15) is 44.9 Å². The summed E-state index contributed by atoms with van der Waals surface area (Å²) in [5.41, 5.74) is 1.97. The number of aromatic nitrogens is 4. The molecule has 0 aliphatic carbocycles. The topological polar surface area (TPSA) is 117 Å². The number of benzene rings is 2. The second kappa shape index (κ2) is 13.2. The van der Waals surface area contributed by atoms with E-state index in [2.05, 4.69) is 35.8 Å². The van der Waals surface area contributed by atoms with Crippen molar-refractivity contribution in [2.75, 3.05) is 18.9 Å². The second-order valence-corrected chi connectivity index (χ2v) is 20.0. The molecule has 0 aliphatic rings. The van der Waals surface area contributed by atoms with Crippen molar-refractivity contribution in [2.24, 2.45) is 0 Å². The van der Waals surface area contributed by atoms with Crippen LogP contribution < -0.4 is 14.2 Å². The number of nitrogens with one attached hydrogen (secondary N) is 1. The number of rotatable bonds is 11. The molecule has 0 bridgehead atoms. The molecule has 4 aromatic rings. The van der Waals surface area contributed by atoms with Crippen LogP contribution >= 0.6 is 15.9 Å². The Morgan fingerprint density at radius 2 is 1.67 bits per heavy atom. The first-order valence-electron chi connectivity index (χ1n) is 14.2. The van der Waals surface area contributed by atoms with Crippen molar-refractivity contribution in [3.8, 4) is 28.6 Å². The van der Waals surface area contributed by atoms with Gasteiger partial charge in [0, 0.05) is 28.0 Å². The van der Waals surface area contributed by atoms with Gasteiger partial charge < -0.3 is 13.9 Å². The molecular weight excluding hydrogens is 681 g/mol. The van der Waals surface area contributed by atoms with Gasteiger partial charge in [0.25, 0.3) is 0 Å². The van der Waals surface area contributed by atoms with Gasteiger partial charge in [0.1, 0.15) is 28.3 Å². The first-order valence-corrected chi connectivity index (χ1v) is 19.5. The number of anilines is 1. The molecular formula is C31H39BrFN5O5SSi. The molecule has 0 spiro atoms. The Morgan fingerprint density at radius 3 is 2.22 bits per heavy atom. The Morgan fingerprint density at radius 1 is 1.02 bits per heavy atom. The van der Waals surface area contributed by atoms with E-state index in [1.165, 1.54) is 31.8 Å². The van der Waals surface area contributed by atoms with Crippen LogP contribution in [0.4, 0.5) is 10.3 Å². The number of hydrogen-bond donors (Lipinski definition) is 1. The first kappa shape index (κ1) is 34.5. The standard InChI is InChI=1S/C31H39BrFN5O5SSi/c1-19-15-21(18-34-17-19)29-35-36-30(38(29)27-25(41-6)11-10-12-26(27)42-7)37-44(39,40)20(2)28(43-45(8,9)31(3,4)5)23-14-13-22(32)16-24(23)33/h10-18,20,28H,1-9H3,(H,36,37)/t20-,28?/m0/s1. The fourth-order valence-corrected chi connectivity index (χ4v) is 7.35. The smallest absolute Gasteiger partial charge is 0.243 e. The summed E-state index contributed by atoms with van der Waals surface area (Å²) in [5, 5.41) is 7.10. The van der Waals surface area contributed by atoms with E-state index in [1.54, 1.807) is 42.7 Å². The van der Waals surface area contributed by atoms with Gasteiger partial charge in [-0.05, 0) is 67.9 Å². The zero-order valence-corrected chi connectivity index (χ0v) is 30.2. The molecule has 0 radical (unpaired) electrons. The molecule has 2 aromatic heterocycles. The van der Waals surface area contributed by atoms with Crippen molar-refractivity contribution in [3.05, 3.63) is 76.3 Å². The fraction of sp³-hybridized carbons (Fsp3) is 0.387. The maximum absolute atomic E-state index is 15.5. The third-order valence-corrected chi connectivity index (χ3v) is 14.7. The van der Waals surface area contributed by atoms with Gasteiger partial charge in [-0.25, -0.2) is 12.8 Å². The quantitative estimate of drug-likeness (QED) is 0.159. The van der Waals surface area contributed by atoms with Crippen LogP contribution in [-0.4, -0.2) is 56.0 Å². The third kappa shape index (κ3) is 7.24. The molecule has 2 aromatic carbocycles. The molecule has 14 heteroatoms. The highest BCUT2D eigenvalue weighted by Crippen LogP contribution is 2.43. The average Bonchev–Trinajstić information content (AvgIpc) is 3.36. The van der Waals surface area contributed by atoms with Crippen LogP contribution in [0, 0.1) is 12.7 Å². The number of ether oxygens (including phenoxy) is 2. The molecule has 2 atom stereocenters. The van der Waals surface area contributed by atoms with Gasteiger partial charge in [-0.2, -0.15) is 0 Å². The number of sulfonamides is 1. The zero-order chi connectivity index (χ0) is 33.3. The highest BCUT2D eigenvalue weighted by atomic mass is 79.9. The molecule has 1 unspecified atom stereocenters. The van der Waals surface area contributed by atoms with Crippen LogP contribution in [0.15, 0.2) is 59.3 Å². The van der Waals surface area contributed by atoms with Crippen LogP contribution in [0.3, 0.4) is 0 Å². The largest absolute Gasteiger partial charge is 0.494 e. The summed E-state index contributed by atoms with van der Waals surface area (Å²) in [6.07, 6.45) is 2.17. The number of pyridine rings is 1. The lowest BCUT2D eigenvalue weighted by Crippen LogP contribution is -2.45. The van der Waals surface area contributed by atoms with Crippen molar-refractivity contribution in [1.82, 2.24) is 19.7 Å². The van der Waals surface area contributed by atoms with Gasteiger partial charge in [0.15, 0.2) is 14.1 Å². The monoisotopic (exact) mass is 719 g/mol. The molecule has 45 heavy (non-hydrogen) atoms. The van der Waals surface area contributed by atoms with Gasteiger partial charge >= 0.3 is 0 Å². The van der Waals surface area contributed by atoms with Crippen LogP contribution in [0.25, 0.3) is 17.1 Å². The number of aryl methyl sites for hydroxylation is 1. The van der Waals surface area contributed by atoms with Crippen molar-refractivity contribution in [3.63, 3.8) is 0 Å². The third-order valence-electron chi connectivity index (χ3n) is 8.07. The number of para-hydroxylation sites is 1. The van der Waals surface area contributed by atoms with Crippen LogP contribution in [0.5, 0.6) is 11.5 Å². The lowest BCUT2D eigenvalue weighted by Gasteiger charge is -2.41. The number of methoxy groups -OCH3 is 2. The van der Waals surface area contributed by atoms with E-state index in [1.807, 2.05) is 46.9 Å². The summed E-state index contributed by atoms with van der Waals surface area (Å²) in [6, 6.07) is 11.6. The first-order chi connectivity index (χ1) is 21.0. The van der Waals surface area contributed by atoms with E-state index >= 15 is 4.39 Å². The number of hydrogen-bond acceptors (Lipinski definition) is 8.